The van der Waals surface area contributed by atoms with Gasteiger partial charge >= 0.3 is 0 Å². The molecule has 0 spiro atoms. The Balaban J connectivity index is 1.14. The first-order valence-corrected chi connectivity index (χ1v) is 17.0. The first-order chi connectivity index (χ1) is 24.8. The summed E-state index contributed by atoms with van der Waals surface area (Å²) in [6, 6.07) is 71.1. The van der Waals surface area contributed by atoms with Gasteiger partial charge in [-0.15, -0.1) is 0 Å². The van der Waals surface area contributed by atoms with E-state index in [9.17, 15) is 0 Å². The van der Waals surface area contributed by atoms with E-state index < -0.39 is 0 Å². The van der Waals surface area contributed by atoms with Crippen LogP contribution in [0, 0.1) is 0 Å². The van der Waals surface area contributed by atoms with Gasteiger partial charge in [-0.2, -0.15) is 0 Å². The van der Waals surface area contributed by atoms with Crippen molar-refractivity contribution in [3.63, 3.8) is 0 Å². The fourth-order valence-electron chi connectivity index (χ4n) is 7.09. The largest absolute Gasteiger partial charge is 0.456 e. The topological polar surface area (TPSA) is 16.4 Å². The van der Waals surface area contributed by atoms with Crippen LogP contribution in [-0.4, -0.2) is 0 Å². The van der Waals surface area contributed by atoms with E-state index in [1.807, 2.05) is 18.2 Å². The average Bonchev–Trinajstić information content (AvgIpc) is 3.64. The number of nitrogens with zero attached hydrogens (tertiary/aromatic N) is 1. The molecule has 50 heavy (non-hydrogen) atoms. The second kappa shape index (κ2) is 12.8. The van der Waals surface area contributed by atoms with Crippen molar-refractivity contribution in [1.29, 1.82) is 0 Å². The lowest BCUT2D eigenvalue weighted by molar-refractivity contribution is 0.631. The van der Waals surface area contributed by atoms with Gasteiger partial charge in [-0.25, -0.2) is 0 Å². The molecule has 0 unspecified atom stereocenters. The highest BCUT2D eigenvalue weighted by Gasteiger charge is 2.18. The van der Waals surface area contributed by atoms with Crippen LogP contribution in [0.4, 0.5) is 17.1 Å². The molecule has 8 aromatic carbocycles. The second-order valence-corrected chi connectivity index (χ2v) is 12.5. The van der Waals surface area contributed by atoms with Gasteiger partial charge in [0, 0.05) is 27.7 Å². The summed E-state index contributed by atoms with van der Waals surface area (Å²) < 4.78 is 6.24. The zero-order valence-corrected chi connectivity index (χ0v) is 27.4. The number of fused-ring (bicyclic) bond motifs is 2. The highest BCUT2D eigenvalue weighted by atomic mass is 16.3. The smallest absolute Gasteiger partial charge is 0.135 e. The molecule has 0 atom stereocenters. The quantitative estimate of drug-likeness (QED) is 0.173. The minimum absolute atomic E-state index is 0.874. The maximum absolute atomic E-state index is 6.24. The predicted octanol–water partition coefficient (Wildman–Crippen LogP) is 13.7. The number of rotatable bonds is 7. The summed E-state index contributed by atoms with van der Waals surface area (Å²) >= 11 is 0. The van der Waals surface area contributed by atoms with Gasteiger partial charge < -0.3 is 9.32 Å². The van der Waals surface area contributed by atoms with Gasteiger partial charge in [0.05, 0.1) is 5.69 Å². The lowest BCUT2D eigenvalue weighted by atomic mass is 9.94. The lowest BCUT2D eigenvalue weighted by Gasteiger charge is -2.27. The normalized spacial score (nSPS) is 11.2. The summed E-state index contributed by atoms with van der Waals surface area (Å²) in [7, 11) is 0. The summed E-state index contributed by atoms with van der Waals surface area (Å²) in [4.78, 5) is 2.36. The lowest BCUT2D eigenvalue weighted by Crippen LogP contribution is -2.10. The van der Waals surface area contributed by atoms with Gasteiger partial charge in [0.1, 0.15) is 11.3 Å². The molecule has 0 N–H and O–H groups in total. The monoisotopic (exact) mass is 639 g/mol. The molecule has 1 aromatic heterocycles. The highest BCUT2D eigenvalue weighted by molar-refractivity contribution is 6.06. The molecule has 0 aliphatic rings. The van der Waals surface area contributed by atoms with Crippen molar-refractivity contribution in [3.05, 3.63) is 200 Å². The minimum Gasteiger partial charge on any atom is -0.456 e. The molecule has 2 nitrogen and oxygen atoms in total. The van der Waals surface area contributed by atoms with Crippen molar-refractivity contribution >= 4 is 38.8 Å². The number of hydrogen-bond donors (Lipinski definition) is 0. The Labute approximate surface area is 292 Å². The summed E-state index contributed by atoms with van der Waals surface area (Å²) in [5, 5.41) is 3.49. The molecule has 9 aromatic rings. The van der Waals surface area contributed by atoms with Crippen molar-refractivity contribution in [2.75, 3.05) is 4.90 Å². The highest BCUT2D eigenvalue weighted by Crippen LogP contribution is 2.43. The SMILES string of the molecule is c1ccc(-c2ccccc2-c2ccc(N(c3ccccc3)c3ccc(-c4cccc(-c5cc6ccccc6o5)c4)c4ccccc34)cc2)cc1. The van der Waals surface area contributed by atoms with Crippen molar-refractivity contribution in [2.24, 2.45) is 0 Å². The molecule has 0 saturated carbocycles. The molecule has 0 aliphatic heterocycles. The van der Waals surface area contributed by atoms with Crippen molar-refractivity contribution < 1.29 is 4.42 Å². The molecule has 2 heteroatoms. The third-order valence-corrected chi connectivity index (χ3v) is 9.49. The van der Waals surface area contributed by atoms with Crippen LogP contribution in [0.5, 0.6) is 0 Å². The number of hydrogen-bond acceptors (Lipinski definition) is 2. The van der Waals surface area contributed by atoms with E-state index in [-0.39, 0.29) is 0 Å². The van der Waals surface area contributed by atoms with E-state index in [1.165, 1.54) is 38.6 Å². The molecule has 0 radical (unpaired) electrons. The fraction of sp³-hybridized carbons (Fsp3) is 0. The first kappa shape index (κ1) is 29.5. The fourth-order valence-corrected chi connectivity index (χ4v) is 7.09. The van der Waals surface area contributed by atoms with Gasteiger partial charge in [-0.1, -0.05) is 152 Å². The molecule has 0 aliphatic carbocycles. The Morgan fingerprint density at radius 2 is 0.920 bits per heavy atom. The Hall–Kier alpha value is -6.64. The Morgan fingerprint density at radius 3 is 1.68 bits per heavy atom. The molecule has 0 amide bonds. The summed E-state index contributed by atoms with van der Waals surface area (Å²) in [6.45, 7) is 0. The van der Waals surface area contributed by atoms with Crippen LogP contribution in [0.1, 0.15) is 0 Å². The molecular weight excluding hydrogens is 607 g/mol. The third-order valence-electron chi connectivity index (χ3n) is 9.49. The van der Waals surface area contributed by atoms with Crippen LogP contribution < -0.4 is 4.90 Å². The van der Waals surface area contributed by atoms with Crippen molar-refractivity contribution in [1.82, 2.24) is 0 Å². The van der Waals surface area contributed by atoms with Crippen LogP contribution in [-0.2, 0) is 0 Å². The second-order valence-electron chi connectivity index (χ2n) is 12.5. The summed E-state index contributed by atoms with van der Waals surface area (Å²) in [6.07, 6.45) is 0. The van der Waals surface area contributed by atoms with Crippen LogP contribution >= 0.6 is 0 Å². The Kier molecular flexibility index (Phi) is 7.53. The molecular formula is C48H33NO. The predicted molar refractivity (Wildman–Crippen MR) is 210 cm³/mol. The van der Waals surface area contributed by atoms with E-state index in [1.54, 1.807) is 0 Å². The van der Waals surface area contributed by atoms with Crippen LogP contribution in [0.25, 0.3) is 66.4 Å². The van der Waals surface area contributed by atoms with E-state index in [2.05, 4.69) is 187 Å². The molecule has 1 heterocycles. The molecule has 0 bridgehead atoms. The van der Waals surface area contributed by atoms with Gasteiger partial charge in [-0.05, 0) is 87.3 Å². The number of para-hydroxylation sites is 2. The summed E-state index contributed by atoms with van der Waals surface area (Å²) in [5.74, 6) is 0.874. The van der Waals surface area contributed by atoms with Crippen molar-refractivity contribution in [2.45, 2.75) is 0 Å². The number of anilines is 3. The van der Waals surface area contributed by atoms with E-state index >= 15 is 0 Å². The van der Waals surface area contributed by atoms with Gasteiger partial charge in [0.2, 0.25) is 0 Å². The molecule has 0 fully saturated rings. The maximum atomic E-state index is 6.24. The first-order valence-electron chi connectivity index (χ1n) is 17.0. The van der Waals surface area contributed by atoms with Gasteiger partial charge in [0.25, 0.3) is 0 Å². The molecule has 0 saturated heterocycles. The molecule has 236 valence electrons. The number of benzene rings is 8. The van der Waals surface area contributed by atoms with Gasteiger partial charge in [-0.3, -0.25) is 0 Å². The summed E-state index contributed by atoms with van der Waals surface area (Å²) in [5.41, 5.74) is 12.5. The minimum atomic E-state index is 0.874. The zero-order chi connectivity index (χ0) is 33.3. The van der Waals surface area contributed by atoms with Crippen molar-refractivity contribution in [3.8, 4) is 44.7 Å². The van der Waals surface area contributed by atoms with Gasteiger partial charge in [0.15, 0.2) is 0 Å². The third kappa shape index (κ3) is 5.43. The number of furan rings is 1. The Bertz CT molecular complexity index is 2550. The Morgan fingerprint density at radius 1 is 0.340 bits per heavy atom. The van der Waals surface area contributed by atoms with Crippen LogP contribution in [0.3, 0.4) is 0 Å². The van der Waals surface area contributed by atoms with E-state index in [0.717, 1.165) is 44.9 Å². The molecule has 9 rings (SSSR count). The van der Waals surface area contributed by atoms with Crippen LogP contribution in [0.2, 0.25) is 0 Å². The average molecular weight is 640 g/mol. The maximum Gasteiger partial charge on any atom is 0.135 e. The zero-order valence-electron chi connectivity index (χ0n) is 27.4. The van der Waals surface area contributed by atoms with Crippen LogP contribution in [0.15, 0.2) is 205 Å². The standard InChI is InChI=1S/C48H33NO/c1-3-14-34(15-4-1)41-21-8-9-22-42(41)35-26-28-40(29-27-35)49(39-19-5-2-6-20-39)46-31-30-43(44-23-10-11-24-45(44)46)36-17-13-18-37(32-36)48-33-38-16-7-12-25-47(38)50-48/h1-33H. The van der Waals surface area contributed by atoms with E-state index in [4.69, 9.17) is 4.42 Å². The van der Waals surface area contributed by atoms with E-state index in [0.29, 0.717) is 0 Å².